The summed E-state index contributed by atoms with van der Waals surface area (Å²) in [6.45, 7) is 11.3. The van der Waals surface area contributed by atoms with E-state index in [9.17, 15) is 0 Å². The van der Waals surface area contributed by atoms with Gasteiger partial charge in [0.2, 0.25) is 5.95 Å². The van der Waals surface area contributed by atoms with Crippen LogP contribution in [-0.4, -0.2) is 25.9 Å². The van der Waals surface area contributed by atoms with E-state index in [0.29, 0.717) is 6.54 Å². The summed E-state index contributed by atoms with van der Waals surface area (Å²) in [4.78, 5) is 4.49. The molecule has 0 unspecified atom stereocenters. The van der Waals surface area contributed by atoms with Crippen molar-refractivity contribution in [1.29, 1.82) is 0 Å². The highest BCUT2D eigenvalue weighted by atomic mass is 15.3. The van der Waals surface area contributed by atoms with E-state index in [0.717, 1.165) is 23.9 Å². The zero-order valence-corrected chi connectivity index (χ0v) is 12.1. The molecular weight excluding hydrogens is 238 g/mol. The van der Waals surface area contributed by atoms with E-state index in [1.54, 1.807) is 0 Å². The van der Waals surface area contributed by atoms with Crippen molar-refractivity contribution in [2.24, 2.45) is 7.05 Å². The smallest absolute Gasteiger partial charge is 0.203 e. The third kappa shape index (κ3) is 2.70. The summed E-state index contributed by atoms with van der Waals surface area (Å²) in [5.74, 6) is 0.875. The van der Waals surface area contributed by atoms with Gasteiger partial charge in [-0.1, -0.05) is 6.08 Å². The maximum Gasteiger partial charge on any atom is 0.203 e. The number of aromatic nitrogens is 4. The molecule has 2 aromatic heterocycles. The molecule has 0 aromatic carbocycles. The van der Waals surface area contributed by atoms with Gasteiger partial charge in [-0.25, -0.2) is 4.98 Å². The highest BCUT2D eigenvalue weighted by molar-refractivity contribution is 5.33. The quantitative estimate of drug-likeness (QED) is 0.837. The number of rotatable bonds is 5. The molecule has 0 aliphatic heterocycles. The van der Waals surface area contributed by atoms with Gasteiger partial charge in [0.25, 0.3) is 0 Å². The molecule has 5 heteroatoms. The lowest BCUT2D eigenvalue weighted by Gasteiger charge is -2.09. The van der Waals surface area contributed by atoms with Gasteiger partial charge in [-0.05, 0) is 20.8 Å². The van der Waals surface area contributed by atoms with Crippen molar-refractivity contribution in [2.75, 3.05) is 11.9 Å². The lowest BCUT2D eigenvalue weighted by molar-refractivity contribution is 0.727. The molecule has 0 spiro atoms. The SMILES string of the molecule is C=CCNc1nc(C)cn1Cc1c(C)nn(C)c1C. The summed E-state index contributed by atoms with van der Waals surface area (Å²) in [7, 11) is 1.97. The van der Waals surface area contributed by atoms with Crippen LogP contribution in [0.1, 0.15) is 22.6 Å². The number of aryl methyl sites for hydroxylation is 3. The molecule has 0 saturated heterocycles. The maximum atomic E-state index is 4.49. The van der Waals surface area contributed by atoms with Crippen LogP contribution in [-0.2, 0) is 13.6 Å². The van der Waals surface area contributed by atoms with E-state index in [1.165, 1.54) is 11.3 Å². The summed E-state index contributed by atoms with van der Waals surface area (Å²) < 4.78 is 4.04. The van der Waals surface area contributed by atoms with Crippen LogP contribution in [0.2, 0.25) is 0 Å². The summed E-state index contributed by atoms with van der Waals surface area (Å²) in [6, 6.07) is 0. The van der Waals surface area contributed by atoms with Crippen molar-refractivity contribution in [3.05, 3.63) is 41.5 Å². The molecule has 0 atom stereocenters. The zero-order valence-electron chi connectivity index (χ0n) is 12.1. The van der Waals surface area contributed by atoms with Crippen LogP contribution in [0.15, 0.2) is 18.9 Å². The fourth-order valence-corrected chi connectivity index (χ4v) is 2.19. The van der Waals surface area contributed by atoms with E-state index in [1.807, 2.05) is 31.7 Å². The lowest BCUT2D eigenvalue weighted by Crippen LogP contribution is -2.09. The normalized spacial score (nSPS) is 10.7. The van der Waals surface area contributed by atoms with Crippen LogP contribution in [0.3, 0.4) is 0 Å². The number of anilines is 1. The molecule has 2 heterocycles. The Morgan fingerprint density at radius 2 is 2.11 bits per heavy atom. The molecule has 0 bridgehead atoms. The van der Waals surface area contributed by atoms with Gasteiger partial charge in [0.15, 0.2) is 0 Å². The monoisotopic (exact) mass is 259 g/mol. The van der Waals surface area contributed by atoms with Crippen LogP contribution in [0, 0.1) is 20.8 Å². The van der Waals surface area contributed by atoms with Crippen molar-refractivity contribution in [3.8, 4) is 0 Å². The highest BCUT2D eigenvalue weighted by Crippen LogP contribution is 2.17. The van der Waals surface area contributed by atoms with Gasteiger partial charge in [-0.15, -0.1) is 6.58 Å². The summed E-state index contributed by atoms with van der Waals surface area (Å²) in [5, 5.41) is 7.71. The van der Waals surface area contributed by atoms with E-state index in [-0.39, 0.29) is 0 Å². The number of imidazole rings is 1. The number of hydrogen-bond donors (Lipinski definition) is 1. The standard InChI is InChI=1S/C14H21N5/c1-6-7-15-14-16-10(2)8-19(14)9-13-11(3)17-18(5)12(13)4/h6,8H,1,7,9H2,2-5H3,(H,15,16). The Hall–Kier alpha value is -2.04. The Kier molecular flexibility index (Phi) is 3.74. The van der Waals surface area contributed by atoms with Gasteiger partial charge in [0.1, 0.15) is 0 Å². The second-order valence-corrected chi connectivity index (χ2v) is 4.78. The van der Waals surface area contributed by atoms with E-state index < -0.39 is 0 Å². The number of nitrogens with one attached hydrogen (secondary N) is 1. The van der Waals surface area contributed by atoms with Gasteiger partial charge < -0.3 is 9.88 Å². The number of nitrogens with zero attached hydrogens (tertiary/aromatic N) is 4. The topological polar surface area (TPSA) is 47.7 Å². The molecule has 19 heavy (non-hydrogen) atoms. The van der Waals surface area contributed by atoms with E-state index in [2.05, 4.69) is 39.7 Å². The third-order valence-corrected chi connectivity index (χ3v) is 3.29. The summed E-state index contributed by atoms with van der Waals surface area (Å²) in [6.07, 6.45) is 3.88. The first-order valence-corrected chi connectivity index (χ1v) is 6.40. The van der Waals surface area contributed by atoms with Gasteiger partial charge in [-0.2, -0.15) is 5.10 Å². The summed E-state index contributed by atoms with van der Waals surface area (Å²) >= 11 is 0. The van der Waals surface area contributed by atoms with Crippen molar-refractivity contribution in [1.82, 2.24) is 19.3 Å². The molecule has 0 radical (unpaired) electrons. The minimum atomic E-state index is 0.710. The fraction of sp³-hybridized carbons (Fsp3) is 0.429. The summed E-state index contributed by atoms with van der Waals surface area (Å²) in [5.41, 5.74) is 4.52. The van der Waals surface area contributed by atoms with Gasteiger partial charge in [-0.3, -0.25) is 4.68 Å². The molecule has 0 saturated carbocycles. The van der Waals surface area contributed by atoms with E-state index >= 15 is 0 Å². The van der Waals surface area contributed by atoms with Gasteiger partial charge >= 0.3 is 0 Å². The predicted molar refractivity (Wildman–Crippen MR) is 77.4 cm³/mol. The molecule has 1 N–H and O–H groups in total. The Balaban J connectivity index is 2.29. The maximum absolute atomic E-state index is 4.49. The first-order valence-electron chi connectivity index (χ1n) is 6.40. The minimum Gasteiger partial charge on any atom is -0.352 e. The zero-order chi connectivity index (χ0) is 14.0. The van der Waals surface area contributed by atoms with Crippen molar-refractivity contribution in [2.45, 2.75) is 27.3 Å². The minimum absolute atomic E-state index is 0.710. The lowest BCUT2D eigenvalue weighted by atomic mass is 10.2. The predicted octanol–water partition coefficient (Wildman–Crippen LogP) is 2.19. The van der Waals surface area contributed by atoms with Crippen molar-refractivity contribution < 1.29 is 0 Å². The number of hydrogen-bond acceptors (Lipinski definition) is 3. The van der Waals surface area contributed by atoms with Crippen LogP contribution in [0.4, 0.5) is 5.95 Å². The van der Waals surface area contributed by atoms with Crippen molar-refractivity contribution in [3.63, 3.8) is 0 Å². The molecule has 102 valence electrons. The average molecular weight is 259 g/mol. The van der Waals surface area contributed by atoms with Gasteiger partial charge in [0, 0.05) is 31.0 Å². The Morgan fingerprint density at radius 1 is 1.37 bits per heavy atom. The molecule has 2 rings (SSSR count). The molecule has 2 aromatic rings. The first kappa shape index (κ1) is 13.4. The average Bonchev–Trinajstić information content (AvgIpc) is 2.82. The molecular formula is C14H21N5. The molecule has 0 amide bonds. The fourth-order valence-electron chi connectivity index (χ4n) is 2.19. The Labute approximate surface area is 114 Å². The highest BCUT2D eigenvalue weighted by Gasteiger charge is 2.12. The second kappa shape index (κ2) is 5.30. The van der Waals surface area contributed by atoms with Crippen molar-refractivity contribution >= 4 is 5.95 Å². The van der Waals surface area contributed by atoms with Crippen LogP contribution < -0.4 is 5.32 Å². The first-order chi connectivity index (χ1) is 9.02. The molecule has 0 fully saturated rings. The largest absolute Gasteiger partial charge is 0.352 e. The van der Waals surface area contributed by atoms with E-state index in [4.69, 9.17) is 0 Å². The van der Waals surface area contributed by atoms with Crippen LogP contribution in [0.25, 0.3) is 0 Å². The molecule has 0 aliphatic carbocycles. The Morgan fingerprint density at radius 3 is 2.68 bits per heavy atom. The second-order valence-electron chi connectivity index (χ2n) is 4.78. The molecule has 5 nitrogen and oxygen atoms in total. The molecule has 0 aliphatic rings. The Bertz CT molecular complexity index is 591. The van der Waals surface area contributed by atoms with Gasteiger partial charge in [0.05, 0.1) is 17.9 Å². The van der Waals surface area contributed by atoms with Crippen LogP contribution in [0.5, 0.6) is 0 Å². The van der Waals surface area contributed by atoms with Crippen LogP contribution >= 0.6 is 0 Å². The third-order valence-electron chi connectivity index (χ3n) is 3.29.